The van der Waals surface area contributed by atoms with E-state index in [-0.39, 0.29) is 18.9 Å². The molecule has 1 amide bonds. The van der Waals surface area contributed by atoms with Crippen LogP contribution in [0.15, 0.2) is 48.6 Å². The lowest BCUT2D eigenvalue weighted by molar-refractivity contribution is -0.379. The van der Waals surface area contributed by atoms with Crippen molar-refractivity contribution in [1.82, 2.24) is 5.32 Å². The molecule has 0 bridgehead atoms. The topological polar surface area (TPSA) is 307 Å². The van der Waals surface area contributed by atoms with Gasteiger partial charge in [0.2, 0.25) is 5.91 Å². The van der Waals surface area contributed by atoms with Gasteiger partial charge < -0.3 is 89.9 Å². The third-order valence-corrected chi connectivity index (χ3v) is 23.1. The highest BCUT2D eigenvalue weighted by molar-refractivity contribution is 5.76. The fourth-order valence-electron chi connectivity index (χ4n) is 15.7. The van der Waals surface area contributed by atoms with Gasteiger partial charge in [0.25, 0.3) is 0 Å². The number of hydrogen-bond donors (Lipinski definition) is 12. The Morgan fingerprint density at radius 2 is 0.577 bits per heavy atom. The third kappa shape index (κ3) is 50.3. The van der Waals surface area contributed by atoms with Gasteiger partial charge in [-0.15, -0.1) is 0 Å². The van der Waals surface area contributed by atoms with E-state index in [2.05, 4.69) is 55.6 Å². The van der Waals surface area contributed by atoms with E-state index in [9.17, 15) is 61.0 Å². The molecular weight excluding hydrogens is 1410 g/mol. The van der Waals surface area contributed by atoms with Gasteiger partial charge in [-0.3, -0.25) is 4.79 Å². The molecule has 0 saturated carbocycles. The van der Waals surface area contributed by atoms with Gasteiger partial charge in [-0.2, -0.15) is 0 Å². The maximum atomic E-state index is 13.5. The molecule has 17 unspecified atom stereocenters. The summed E-state index contributed by atoms with van der Waals surface area (Å²) < 4.78 is 34.5. The van der Waals surface area contributed by atoms with E-state index in [1.807, 2.05) is 6.08 Å². The summed E-state index contributed by atoms with van der Waals surface area (Å²) >= 11 is 0. The van der Waals surface area contributed by atoms with Gasteiger partial charge >= 0.3 is 0 Å². The summed E-state index contributed by atoms with van der Waals surface area (Å²) in [6, 6.07) is -0.998. The molecule has 19 nitrogen and oxygen atoms in total. The third-order valence-electron chi connectivity index (χ3n) is 23.1. The highest BCUT2D eigenvalue weighted by atomic mass is 16.8. The lowest BCUT2D eigenvalue weighted by atomic mass is 9.96. The van der Waals surface area contributed by atoms with Crippen molar-refractivity contribution < 1.29 is 89.4 Å². The Hall–Kier alpha value is -2.25. The number of hydrogen-bond acceptors (Lipinski definition) is 18. The molecule has 0 radical (unpaired) electrons. The Bertz CT molecular complexity index is 2190. The average molecular weight is 1580 g/mol. The number of unbranched alkanes of at least 4 members (excludes halogenated alkanes) is 54. The predicted molar refractivity (Wildman–Crippen MR) is 448 cm³/mol. The predicted octanol–water partition coefficient (Wildman–Crippen LogP) is 18.0. The van der Waals surface area contributed by atoms with Crippen LogP contribution in [0.4, 0.5) is 0 Å². The van der Waals surface area contributed by atoms with Gasteiger partial charge in [0, 0.05) is 6.42 Å². The number of allylic oxidation sites excluding steroid dienone is 7. The van der Waals surface area contributed by atoms with Crippen molar-refractivity contribution in [3.8, 4) is 0 Å². The van der Waals surface area contributed by atoms with E-state index in [1.165, 1.54) is 321 Å². The van der Waals surface area contributed by atoms with E-state index >= 15 is 0 Å². The van der Waals surface area contributed by atoms with Crippen molar-refractivity contribution in [2.24, 2.45) is 0 Å². The molecule has 111 heavy (non-hydrogen) atoms. The zero-order valence-electron chi connectivity index (χ0n) is 70.5. The maximum Gasteiger partial charge on any atom is 0.220 e. The number of carbonyl (C=O) groups excluding carboxylic acids is 1. The van der Waals surface area contributed by atoms with Crippen molar-refractivity contribution in [3.05, 3.63) is 48.6 Å². The largest absolute Gasteiger partial charge is 0.394 e. The van der Waals surface area contributed by atoms with Crippen LogP contribution in [-0.2, 0) is 33.2 Å². The van der Waals surface area contributed by atoms with Gasteiger partial charge in [-0.25, -0.2) is 0 Å². The van der Waals surface area contributed by atoms with Gasteiger partial charge in [-0.1, -0.05) is 371 Å². The smallest absolute Gasteiger partial charge is 0.220 e. The molecule has 0 aromatic carbocycles. The fourth-order valence-corrected chi connectivity index (χ4v) is 15.7. The minimum Gasteiger partial charge on any atom is -0.394 e. The number of rotatable bonds is 76. The minimum absolute atomic E-state index is 0.236. The second-order valence-electron chi connectivity index (χ2n) is 33.1. The summed E-state index contributed by atoms with van der Waals surface area (Å²) in [6.07, 6.45) is 67.2. The Morgan fingerprint density at radius 3 is 0.901 bits per heavy atom. The Morgan fingerprint density at radius 1 is 0.315 bits per heavy atom. The van der Waals surface area contributed by atoms with Crippen LogP contribution < -0.4 is 5.32 Å². The SMILES string of the molecule is CCCCCCCCCC/C=C\CCCCCCCCCCCCCCCCCCCCCCCCCCCCCCCC(=O)NC(COC1OC(CO)C(OC2OC(CO)C(OC3OC(CO)C(O)C(O)C3O)C(O)C2O)C(O)C1O)C(O)/C=C/CC/C=C/CC/C=C/CCCCCCCCCCCCCCCCC. The molecule has 17 atom stereocenters. The molecule has 0 aliphatic carbocycles. The molecular formula is C92H171NO18. The van der Waals surface area contributed by atoms with E-state index in [0.29, 0.717) is 12.8 Å². The van der Waals surface area contributed by atoms with Gasteiger partial charge in [0.15, 0.2) is 18.9 Å². The van der Waals surface area contributed by atoms with Crippen molar-refractivity contribution in [1.29, 1.82) is 0 Å². The molecule has 652 valence electrons. The van der Waals surface area contributed by atoms with Crippen LogP contribution in [0.1, 0.15) is 399 Å². The Balaban J connectivity index is 1.30. The highest BCUT2D eigenvalue weighted by Crippen LogP contribution is 2.34. The summed E-state index contributed by atoms with van der Waals surface area (Å²) in [5.41, 5.74) is 0. The first-order valence-electron chi connectivity index (χ1n) is 46.4. The monoisotopic (exact) mass is 1580 g/mol. The Labute approximate surface area is 675 Å². The zero-order chi connectivity index (χ0) is 80.3. The molecule has 3 saturated heterocycles. The molecule has 3 aliphatic rings. The normalized spacial score (nSPS) is 25.2. The minimum atomic E-state index is -1.98. The summed E-state index contributed by atoms with van der Waals surface area (Å²) in [7, 11) is 0. The zero-order valence-corrected chi connectivity index (χ0v) is 70.5. The number of nitrogens with one attached hydrogen (secondary N) is 1. The van der Waals surface area contributed by atoms with E-state index in [0.717, 1.165) is 44.9 Å². The molecule has 12 N–H and O–H groups in total. The van der Waals surface area contributed by atoms with Crippen LogP contribution in [-0.4, -0.2) is 193 Å². The molecule has 3 fully saturated rings. The number of aliphatic hydroxyl groups is 11. The second kappa shape index (κ2) is 71.8. The maximum absolute atomic E-state index is 13.5. The summed E-state index contributed by atoms with van der Waals surface area (Å²) in [5.74, 6) is -0.282. The van der Waals surface area contributed by atoms with Crippen molar-refractivity contribution in [3.63, 3.8) is 0 Å². The summed E-state index contributed by atoms with van der Waals surface area (Å²) in [5, 5.41) is 121. The van der Waals surface area contributed by atoms with Gasteiger partial charge in [0.05, 0.1) is 38.6 Å². The van der Waals surface area contributed by atoms with Crippen LogP contribution in [0.5, 0.6) is 0 Å². The summed E-state index contributed by atoms with van der Waals surface area (Å²) in [6.45, 7) is 1.77. The summed E-state index contributed by atoms with van der Waals surface area (Å²) in [4.78, 5) is 13.5. The van der Waals surface area contributed by atoms with Crippen LogP contribution in [0, 0.1) is 0 Å². The van der Waals surface area contributed by atoms with E-state index < -0.39 is 124 Å². The first kappa shape index (κ1) is 103. The quantitative estimate of drug-likeness (QED) is 0.0199. The van der Waals surface area contributed by atoms with Crippen molar-refractivity contribution in [2.45, 2.75) is 503 Å². The van der Waals surface area contributed by atoms with Gasteiger partial charge in [-0.05, 0) is 70.6 Å². The molecule has 3 heterocycles. The lowest BCUT2D eigenvalue weighted by Gasteiger charge is -2.48. The first-order chi connectivity index (χ1) is 54.3. The average Bonchev–Trinajstić information content (AvgIpc) is 0.780. The van der Waals surface area contributed by atoms with Crippen LogP contribution in [0.3, 0.4) is 0 Å². The second-order valence-corrected chi connectivity index (χ2v) is 33.1. The number of carbonyl (C=O) groups is 1. The number of ether oxygens (including phenoxy) is 6. The molecule has 3 aliphatic heterocycles. The first-order valence-corrected chi connectivity index (χ1v) is 46.4. The van der Waals surface area contributed by atoms with Crippen molar-refractivity contribution in [2.75, 3.05) is 26.4 Å². The molecule has 0 aromatic rings. The molecule has 19 heteroatoms. The van der Waals surface area contributed by atoms with E-state index in [4.69, 9.17) is 28.4 Å². The number of aliphatic hydroxyl groups excluding tert-OH is 11. The van der Waals surface area contributed by atoms with Crippen LogP contribution in [0.2, 0.25) is 0 Å². The van der Waals surface area contributed by atoms with E-state index in [1.54, 1.807) is 6.08 Å². The van der Waals surface area contributed by atoms with Crippen molar-refractivity contribution >= 4 is 5.91 Å². The lowest BCUT2D eigenvalue weighted by Crippen LogP contribution is -2.66. The molecule has 3 rings (SSSR count). The number of amides is 1. The van der Waals surface area contributed by atoms with Crippen LogP contribution >= 0.6 is 0 Å². The van der Waals surface area contributed by atoms with Gasteiger partial charge in [0.1, 0.15) is 73.2 Å². The molecule has 0 spiro atoms. The highest BCUT2D eigenvalue weighted by Gasteiger charge is 2.54. The Kier molecular flexibility index (Phi) is 66.6. The van der Waals surface area contributed by atoms with Crippen LogP contribution in [0.25, 0.3) is 0 Å². The fraction of sp³-hybridized carbons (Fsp3) is 0.902. The standard InChI is InChI=1S/C92H171NO18/c1-3-5-7-9-11-13-15-17-19-21-23-25-27-29-30-31-32-33-34-35-36-37-38-39-40-41-42-43-44-46-48-50-52-54-56-58-60-62-64-66-68-70-80(98)93-75(76(97)69-67-65-63-61-59-57-55-53-51-49-47-45-28-26-24-22-20-18-16-14-12-10-8-6-4-2)74-106-90-86(104)83(101)88(78(72-95)108-90)111-92-87(105)84(102)89(79(73-96)109-92)110-91-85(103)82(100)81(99)77(71-94)107-91/h21,23,51,53,59,61,67,69,75-79,81-92,94-97,99-105H,3-20,22,24-50,52,54-58,60,62-66,68,70-74H2,1-2H3,(H,93,98)/b23-21-,53-51+,61-59+,69-67+. The molecule has 0 aromatic heterocycles.